The molecule has 12 heteroatoms. The number of amidine groups is 1. The average molecular weight is 580 g/mol. The fraction of sp³-hybridized carbons (Fsp3) is 0.643. The molecule has 1 aliphatic carbocycles. The van der Waals surface area contributed by atoms with E-state index < -0.39 is 27.8 Å². The van der Waals surface area contributed by atoms with Gasteiger partial charge in [-0.3, -0.25) is 9.52 Å². The van der Waals surface area contributed by atoms with Gasteiger partial charge >= 0.3 is 0 Å². The quantitative estimate of drug-likeness (QED) is 0.451. The Kier molecular flexibility index (Phi) is 7.86. The molecular formula is C28H39F2N5O4S. The molecule has 2 saturated heterocycles. The number of carbonyl (C=O) groups excluding carboxylic acids is 1. The molecule has 1 unspecified atom stereocenters. The molecule has 0 radical (unpaired) electrons. The minimum atomic E-state index is -3.80. The fourth-order valence-corrected chi connectivity index (χ4v) is 6.55. The molecule has 3 aliphatic heterocycles. The second kappa shape index (κ2) is 10.9. The lowest BCUT2D eigenvalue weighted by Crippen LogP contribution is -2.44. The molecule has 3 N–H and O–H groups in total. The van der Waals surface area contributed by atoms with E-state index in [1.54, 1.807) is 18.2 Å². The van der Waals surface area contributed by atoms with Crippen LogP contribution in [-0.2, 0) is 10.0 Å². The first-order valence-corrected chi connectivity index (χ1v) is 15.7. The molecule has 1 aromatic carbocycles. The van der Waals surface area contributed by atoms with Crippen LogP contribution in [0.25, 0.3) is 0 Å². The van der Waals surface area contributed by atoms with Crippen LogP contribution in [0.2, 0.25) is 0 Å². The first-order valence-electron chi connectivity index (χ1n) is 14.1. The van der Waals surface area contributed by atoms with Gasteiger partial charge in [0.2, 0.25) is 10.0 Å². The summed E-state index contributed by atoms with van der Waals surface area (Å²) in [5.41, 5.74) is 1.78. The van der Waals surface area contributed by atoms with Crippen molar-refractivity contribution in [2.24, 2.45) is 16.3 Å². The van der Waals surface area contributed by atoms with Gasteiger partial charge in [-0.1, -0.05) is 6.92 Å². The number of alkyl halides is 2. The lowest BCUT2D eigenvalue weighted by Gasteiger charge is -2.36. The molecule has 40 heavy (non-hydrogen) atoms. The zero-order chi connectivity index (χ0) is 28.7. The predicted octanol–water partition coefficient (Wildman–Crippen LogP) is 3.93. The summed E-state index contributed by atoms with van der Waals surface area (Å²) in [6.45, 7) is 4.91. The maximum atomic E-state index is 13.7. The number of piperidine rings is 2. The highest BCUT2D eigenvalue weighted by Crippen LogP contribution is 2.54. The summed E-state index contributed by atoms with van der Waals surface area (Å²) in [5, 5.41) is 11.3. The van der Waals surface area contributed by atoms with Crippen molar-refractivity contribution in [2.45, 2.75) is 70.0 Å². The van der Waals surface area contributed by atoms with E-state index in [4.69, 9.17) is 0 Å². The number of amides is 1. The van der Waals surface area contributed by atoms with Gasteiger partial charge in [0.05, 0.1) is 23.5 Å². The Morgan fingerprint density at radius 3 is 2.38 bits per heavy atom. The van der Waals surface area contributed by atoms with E-state index >= 15 is 0 Å². The van der Waals surface area contributed by atoms with Crippen LogP contribution >= 0.6 is 0 Å². The van der Waals surface area contributed by atoms with E-state index in [1.165, 1.54) is 19.8 Å². The maximum Gasteiger partial charge on any atom is 0.258 e. The zero-order valence-corrected chi connectivity index (χ0v) is 23.9. The number of aliphatic imine (C=N–C) groups is 1. The number of aliphatic hydroxyl groups is 1. The Balaban J connectivity index is 1.37. The molecular weight excluding hydrogens is 540 g/mol. The third kappa shape index (κ3) is 6.43. The number of anilines is 2. The highest BCUT2D eigenvalue weighted by Gasteiger charge is 2.44. The number of aliphatic hydroxyl groups excluding tert-OH is 1. The average Bonchev–Trinajstić information content (AvgIpc) is 3.66. The first-order chi connectivity index (χ1) is 18.9. The van der Waals surface area contributed by atoms with Crippen molar-refractivity contribution in [3.8, 4) is 0 Å². The molecule has 1 aromatic rings. The third-order valence-corrected chi connectivity index (χ3v) is 10.4. The van der Waals surface area contributed by atoms with Crippen molar-refractivity contribution in [2.75, 3.05) is 42.4 Å². The second-order valence-corrected chi connectivity index (χ2v) is 14.0. The number of likely N-dealkylation sites (tertiary alicyclic amines) is 1. The molecule has 3 heterocycles. The van der Waals surface area contributed by atoms with Crippen molar-refractivity contribution < 1.29 is 27.1 Å². The number of allylic oxidation sites excluding steroid dienone is 1. The second-order valence-electron chi connectivity index (χ2n) is 11.9. The van der Waals surface area contributed by atoms with Crippen molar-refractivity contribution in [1.82, 2.24) is 10.2 Å². The Bertz CT molecular complexity index is 1290. The summed E-state index contributed by atoms with van der Waals surface area (Å²) < 4.78 is 55.1. The molecule has 4 aliphatic rings. The summed E-state index contributed by atoms with van der Waals surface area (Å²) in [7, 11) is -3.80. The molecule has 5 rings (SSSR count). The summed E-state index contributed by atoms with van der Waals surface area (Å²) in [6.07, 6.45) is 6.58. The van der Waals surface area contributed by atoms with Gasteiger partial charge in [0, 0.05) is 45.4 Å². The van der Waals surface area contributed by atoms with Gasteiger partial charge in [0.25, 0.3) is 11.8 Å². The predicted molar refractivity (Wildman–Crippen MR) is 151 cm³/mol. The van der Waals surface area contributed by atoms with Crippen LogP contribution < -0.4 is 14.9 Å². The van der Waals surface area contributed by atoms with Crippen LogP contribution in [-0.4, -0.2) is 74.1 Å². The topological polar surface area (TPSA) is 114 Å². The van der Waals surface area contributed by atoms with Gasteiger partial charge in [-0.2, -0.15) is 0 Å². The van der Waals surface area contributed by atoms with Crippen LogP contribution in [0.5, 0.6) is 0 Å². The van der Waals surface area contributed by atoms with Crippen LogP contribution in [0, 0.1) is 11.3 Å². The van der Waals surface area contributed by atoms with E-state index in [2.05, 4.69) is 19.9 Å². The number of halogens is 2. The molecule has 220 valence electrons. The number of nitrogens with zero attached hydrogens (tertiary/aromatic N) is 3. The molecule has 0 bridgehead atoms. The van der Waals surface area contributed by atoms with Crippen LogP contribution in [0.4, 0.5) is 20.2 Å². The van der Waals surface area contributed by atoms with Gasteiger partial charge < -0.3 is 20.2 Å². The van der Waals surface area contributed by atoms with Gasteiger partial charge in [-0.15, -0.1) is 0 Å². The van der Waals surface area contributed by atoms with Gasteiger partial charge in [0.15, 0.2) is 0 Å². The largest absolute Gasteiger partial charge is 0.395 e. The Hall–Kier alpha value is -2.73. The minimum absolute atomic E-state index is 0.0758. The summed E-state index contributed by atoms with van der Waals surface area (Å²) in [6, 6.07) is 4.84. The zero-order valence-electron chi connectivity index (χ0n) is 23.1. The van der Waals surface area contributed by atoms with Crippen LogP contribution in [0.3, 0.4) is 0 Å². The van der Waals surface area contributed by atoms with E-state index in [-0.39, 0.29) is 37.8 Å². The van der Waals surface area contributed by atoms with E-state index in [0.717, 1.165) is 25.9 Å². The van der Waals surface area contributed by atoms with Gasteiger partial charge in [-0.05, 0) is 68.2 Å². The molecule has 2 atom stereocenters. The first kappa shape index (κ1) is 28.8. The smallest absolute Gasteiger partial charge is 0.258 e. The number of carbonyl (C=O) groups is 1. The molecule has 1 spiro atoms. The number of benzene rings is 1. The Morgan fingerprint density at radius 1 is 1.10 bits per heavy atom. The molecule has 3 fully saturated rings. The highest BCUT2D eigenvalue weighted by molar-refractivity contribution is 7.93. The normalized spacial score (nSPS) is 24.7. The monoisotopic (exact) mass is 579 g/mol. The Labute approximate surface area is 234 Å². The van der Waals surface area contributed by atoms with Gasteiger partial charge in [-0.25, -0.2) is 22.2 Å². The lowest BCUT2D eigenvalue weighted by molar-refractivity contribution is -0.0438. The number of hydrogen-bond donors (Lipinski definition) is 3. The molecule has 1 saturated carbocycles. The van der Waals surface area contributed by atoms with Crippen molar-refractivity contribution >= 4 is 33.1 Å². The molecule has 9 nitrogen and oxygen atoms in total. The highest BCUT2D eigenvalue weighted by atomic mass is 32.2. The van der Waals surface area contributed by atoms with E-state index in [9.17, 15) is 27.1 Å². The molecule has 1 amide bonds. The fourth-order valence-electron chi connectivity index (χ4n) is 5.69. The van der Waals surface area contributed by atoms with Crippen LogP contribution in [0.1, 0.15) is 69.2 Å². The SMILES string of the molecule is CC1C=C(NC(=O)c2ccc(NS(=O)(=O)[C@@H](C)CO)cc2N2CCC3(CC2)CC3)N=C(N2CCC(F)(F)CC2)C1. The maximum absolute atomic E-state index is 13.7. The summed E-state index contributed by atoms with van der Waals surface area (Å²) in [4.78, 5) is 22.3. The lowest BCUT2D eigenvalue weighted by atomic mass is 9.93. The van der Waals surface area contributed by atoms with E-state index in [0.29, 0.717) is 40.4 Å². The minimum Gasteiger partial charge on any atom is -0.395 e. The number of hydrogen-bond acceptors (Lipinski definition) is 7. The third-order valence-electron chi connectivity index (χ3n) is 8.71. The number of nitrogens with one attached hydrogen (secondary N) is 2. The standard InChI is InChI=1S/C28H39F2N5O4S/c1-19-15-24(31-25(16-19)35-13-9-28(29,30)10-14-35)32-26(37)22-4-3-21(33-40(38,39)20(2)18-36)17-23(22)34-11-7-27(5-6-27)8-12-34/h3-4,15,17,19-20,33,36H,5-14,16,18H2,1-2H3,(H,32,37)/t19?,20-/m0/s1. The van der Waals surface area contributed by atoms with E-state index in [1.807, 2.05) is 17.9 Å². The summed E-state index contributed by atoms with van der Waals surface area (Å²) in [5.74, 6) is -1.85. The van der Waals surface area contributed by atoms with Crippen molar-refractivity contribution in [3.05, 3.63) is 35.7 Å². The number of rotatable bonds is 7. The van der Waals surface area contributed by atoms with Crippen LogP contribution in [0.15, 0.2) is 35.1 Å². The molecule has 0 aromatic heterocycles. The van der Waals surface area contributed by atoms with Crippen molar-refractivity contribution in [3.63, 3.8) is 0 Å². The Morgan fingerprint density at radius 2 is 1.75 bits per heavy atom. The van der Waals surface area contributed by atoms with Gasteiger partial charge in [0.1, 0.15) is 16.9 Å². The summed E-state index contributed by atoms with van der Waals surface area (Å²) >= 11 is 0. The number of sulfonamides is 1. The van der Waals surface area contributed by atoms with Crippen molar-refractivity contribution in [1.29, 1.82) is 0 Å².